The highest BCUT2D eigenvalue weighted by molar-refractivity contribution is 9.10. The summed E-state index contributed by atoms with van der Waals surface area (Å²) in [5.74, 6) is 0.621. The van der Waals surface area contributed by atoms with Crippen molar-refractivity contribution < 1.29 is 14.3 Å². The minimum Gasteiger partial charge on any atom is -0.496 e. The second-order valence-corrected chi connectivity index (χ2v) is 5.99. The fourth-order valence-electron chi connectivity index (χ4n) is 2.55. The smallest absolute Gasteiger partial charge is 0.253 e. The van der Waals surface area contributed by atoms with Gasteiger partial charge in [0.2, 0.25) is 5.91 Å². The number of rotatable bonds is 3. The molecule has 0 spiro atoms. The number of nitrogens with zero attached hydrogens (tertiary/aromatic N) is 1. The molecule has 2 rings (SSSR count). The summed E-state index contributed by atoms with van der Waals surface area (Å²) in [6.07, 6.45) is 1.81. The van der Waals surface area contributed by atoms with Crippen molar-refractivity contribution in [3.63, 3.8) is 0 Å². The molecule has 0 aromatic heterocycles. The van der Waals surface area contributed by atoms with Crippen LogP contribution in [0.4, 0.5) is 0 Å². The molecule has 1 unspecified atom stereocenters. The molecular formula is C15H19BrN2O3. The molecule has 0 radical (unpaired) electrons. The molecule has 1 aliphatic heterocycles. The van der Waals surface area contributed by atoms with Gasteiger partial charge < -0.3 is 15.0 Å². The van der Waals surface area contributed by atoms with Crippen molar-refractivity contribution in [3.8, 4) is 5.75 Å². The van der Waals surface area contributed by atoms with Crippen molar-refractivity contribution in [2.45, 2.75) is 25.8 Å². The number of amides is 2. The molecule has 21 heavy (non-hydrogen) atoms. The molecule has 1 aromatic carbocycles. The molecule has 1 aliphatic rings. The molecule has 1 fully saturated rings. The Morgan fingerprint density at radius 2 is 2.19 bits per heavy atom. The molecule has 0 bridgehead atoms. The number of hydrogen-bond acceptors (Lipinski definition) is 3. The molecule has 5 nitrogen and oxygen atoms in total. The van der Waals surface area contributed by atoms with Crippen LogP contribution in [0.3, 0.4) is 0 Å². The number of carbonyl (C=O) groups excluding carboxylic acids is 2. The SMILES string of the molecule is COc1ccc(C(=O)N2CCCC(NC(C)=O)C2)cc1Br. The first-order chi connectivity index (χ1) is 10.0. The third kappa shape index (κ3) is 3.97. The molecule has 114 valence electrons. The maximum atomic E-state index is 12.5. The van der Waals surface area contributed by atoms with Gasteiger partial charge in [-0.15, -0.1) is 0 Å². The number of methoxy groups -OCH3 is 1. The number of benzene rings is 1. The predicted octanol–water partition coefficient (Wildman–Crippen LogP) is 2.20. The summed E-state index contributed by atoms with van der Waals surface area (Å²) in [4.78, 5) is 25.5. The molecule has 1 atom stereocenters. The Hall–Kier alpha value is -1.56. The lowest BCUT2D eigenvalue weighted by Crippen LogP contribution is -2.49. The van der Waals surface area contributed by atoms with Gasteiger partial charge in [-0.05, 0) is 47.0 Å². The van der Waals surface area contributed by atoms with E-state index >= 15 is 0 Å². The van der Waals surface area contributed by atoms with Crippen LogP contribution in [-0.2, 0) is 4.79 Å². The van der Waals surface area contributed by atoms with E-state index in [1.54, 1.807) is 30.2 Å². The molecule has 1 aromatic rings. The van der Waals surface area contributed by atoms with Crippen LogP contribution in [0.1, 0.15) is 30.1 Å². The molecule has 1 heterocycles. The second-order valence-electron chi connectivity index (χ2n) is 5.14. The first-order valence-electron chi connectivity index (χ1n) is 6.91. The number of halogens is 1. The van der Waals surface area contributed by atoms with E-state index in [9.17, 15) is 9.59 Å². The highest BCUT2D eigenvalue weighted by Crippen LogP contribution is 2.26. The summed E-state index contributed by atoms with van der Waals surface area (Å²) in [7, 11) is 1.59. The van der Waals surface area contributed by atoms with Gasteiger partial charge >= 0.3 is 0 Å². The Morgan fingerprint density at radius 1 is 1.43 bits per heavy atom. The highest BCUT2D eigenvalue weighted by Gasteiger charge is 2.25. The minimum absolute atomic E-state index is 0.0200. The number of likely N-dealkylation sites (tertiary alicyclic amines) is 1. The number of hydrogen-bond donors (Lipinski definition) is 1. The van der Waals surface area contributed by atoms with Crippen molar-refractivity contribution in [3.05, 3.63) is 28.2 Å². The summed E-state index contributed by atoms with van der Waals surface area (Å²) in [6.45, 7) is 2.78. The van der Waals surface area contributed by atoms with Crippen molar-refractivity contribution in [2.75, 3.05) is 20.2 Å². The third-order valence-electron chi connectivity index (χ3n) is 3.51. The fraction of sp³-hybridized carbons (Fsp3) is 0.467. The highest BCUT2D eigenvalue weighted by atomic mass is 79.9. The van der Waals surface area contributed by atoms with Crippen molar-refractivity contribution in [2.24, 2.45) is 0 Å². The summed E-state index contributed by atoms with van der Waals surface area (Å²) < 4.78 is 5.92. The Morgan fingerprint density at radius 3 is 2.81 bits per heavy atom. The van der Waals surface area contributed by atoms with Gasteiger partial charge in [-0.2, -0.15) is 0 Å². The first-order valence-corrected chi connectivity index (χ1v) is 7.70. The van der Waals surface area contributed by atoms with Crippen LogP contribution >= 0.6 is 15.9 Å². The first kappa shape index (κ1) is 15.8. The molecule has 2 amide bonds. The maximum Gasteiger partial charge on any atom is 0.253 e. The van der Waals surface area contributed by atoms with Crippen LogP contribution in [0.5, 0.6) is 5.75 Å². The summed E-state index contributed by atoms with van der Waals surface area (Å²) in [6, 6.07) is 5.34. The van der Waals surface area contributed by atoms with Gasteiger partial charge in [0.05, 0.1) is 11.6 Å². The van der Waals surface area contributed by atoms with Crippen molar-refractivity contribution in [1.82, 2.24) is 10.2 Å². The van der Waals surface area contributed by atoms with E-state index < -0.39 is 0 Å². The van der Waals surface area contributed by atoms with Gasteiger partial charge in [-0.1, -0.05) is 0 Å². The van der Waals surface area contributed by atoms with E-state index in [0.29, 0.717) is 17.9 Å². The fourth-order valence-corrected chi connectivity index (χ4v) is 3.09. The van der Waals surface area contributed by atoms with Gasteiger partial charge in [-0.3, -0.25) is 9.59 Å². The minimum atomic E-state index is -0.0542. The van der Waals surface area contributed by atoms with Crippen LogP contribution < -0.4 is 10.1 Å². The zero-order chi connectivity index (χ0) is 15.4. The van der Waals surface area contributed by atoms with E-state index in [1.807, 2.05) is 0 Å². The molecule has 0 aliphatic carbocycles. The van der Waals surface area contributed by atoms with Gasteiger partial charge in [-0.25, -0.2) is 0 Å². The summed E-state index contributed by atoms with van der Waals surface area (Å²) >= 11 is 3.39. The lowest BCUT2D eigenvalue weighted by Gasteiger charge is -2.33. The van der Waals surface area contributed by atoms with Crippen LogP contribution in [0.15, 0.2) is 22.7 Å². The van der Waals surface area contributed by atoms with Crippen LogP contribution in [0.2, 0.25) is 0 Å². The summed E-state index contributed by atoms with van der Waals surface area (Å²) in [5, 5.41) is 2.89. The van der Waals surface area contributed by atoms with Gasteiger partial charge in [0.15, 0.2) is 0 Å². The topological polar surface area (TPSA) is 58.6 Å². The van der Waals surface area contributed by atoms with Gasteiger partial charge in [0.1, 0.15) is 5.75 Å². The van der Waals surface area contributed by atoms with Crippen LogP contribution in [-0.4, -0.2) is 43.0 Å². The Bertz CT molecular complexity index is 548. The van der Waals surface area contributed by atoms with Gasteiger partial charge in [0.25, 0.3) is 5.91 Å². The standard InChI is InChI=1S/C15H19BrN2O3/c1-10(19)17-12-4-3-7-18(9-12)15(20)11-5-6-14(21-2)13(16)8-11/h5-6,8,12H,3-4,7,9H2,1-2H3,(H,17,19). The zero-order valence-corrected chi connectivity index (χ0v) is 13.8. The average molecular weight is 355 g/mol. The molecule has 1 saturated heterocycles. The van der Waals surface area contributed by atoms with Crippen LogP contribution in [0, 0.1) is 0 Å². The molecule has 1 N–H and O–H groups in total. The third-order valence-corrected chi connectivity index (χ3v) is 4.13. The Kier molecular flexibility index (Phi) is 5.22. The largest absolute Gasteiger partial charge is 0.496 e. The average Bonchev–Trinajstić information content (AvgIpc) is 2.46. The molecule has 0 saturated carbocycles. The van der Waals surface area contributed by atoms with E-state index in [0.717, 1.165) is 23.9 Å². The predicted molar refractivity (Wildman–Crippen MR) is 83.4 cm³/mol. The molecular weight excluding hydrogens is 336 g/mol. The quantitative estimate of drug-likeness (QED) is 0.904. The van der Waals surface area contributed by atoms with E-state index in [4.69, 9.17) is 4.74 Å². The lowest BCUT2D eigenvalue weighted by atomic mass is 10.0. The number of carbonyl (C=O) groups is 2. The van der Waals surface area contributed by atoms with Gasteiger partial charge in [0, 0.05) is 31.6 Å². The number of ether oxygens (including phenoxy) is 1. The van der Waals surface area contributed by atoms with E-state index in [1.165, 1.54) is 6.92 Å². The van der Waals surface area contributed by atoms with Crippen molar-refractivity contribution >= 4 is 27.7 Å². The Labute approximate surface area is 132 Å². The summed E-state index contributed by atoms with van der Waals surface area (Å²) in [5.41, 5.74) is 0.617. The monoisotopic (exact) mass is 354 g/mol. The van der Waals surface area contributed by atoms with E-state index in [2.05, 4.69) is 21.2 Å². The number of nitrogens with one attached hydrogen (secondary N) is 1. The zero-order valence-electron chi connectivity index (χ0n) is 12.2. The maximum absolute atomic E-state index is 12.5. The van der Waals surface area contributed by atoms with Crippen molar-refractivity contribution in [1.29, 1.82) is 0 Å². The lowest BCUT2D eigenvalue weighted by molar-refractivity contribution is -0.120. The number of piperidine rings is 1. The Balaban J connectivity index is 2.08. The molecule has 6 heteroatoms. The van der Waals surface area contributed by atoms with Crippen LogP contribution in [0.25, 0.3) is 0 Å². The van der Waals surface area contributed by atoms with E-state index in [-0.39, 0.29) is 17.9 Å². The normalized spacial score (nSPS) is 18.2. The second kappa shape index (κ2) is 6.93.